The molecular formula is C21H31FN2O5. The van der Waals surface area contributed by atoms with Crippen LogP contribution in [0.15, 0.2) is 12.1 Å². The molecule has 0 atom stereocenters. The number of hydrogen-bond acceptors (Lipinski definition) is 5. The van der Waals surface area contributed by atoms with Crippen molar-refractivity contribution >= 4 is 17.9 Å². The van der Waals surface area contributed by atoms with E-state index in [9.17, 15) is 24.1 Å². The summed E-state index contributed by atoms with van der Waals surface area (Å²) in [5.74, 6) is -0.991. The van der Waals surface area contributed by atoms with Crippen molar-refractivity contribution in [3.8, 4) is 5.75 Å². The van der Waals surface area contributed by atoms with Crippen LogP contribution in [0.2, 0.25) is 0 Å². The van der Waals surface area contributed by atoms with Crippen molar-refractivity contribution in [1.82, 2.24) is 4.90 Å². The number of benzene rings is 1. The van der Waals surface area contributed by atoms with Gasteiger partial charge in [0.2, 0.25) is 5.91 Å². The van der Waals surface area contributed by atoms with Crippen molar-refractivity contribution in [2.45, 2.75) is 65.2 Å². The first-order chi connectivity index (χ1) is 13.9. The maximum atomic E-state index is 13.6. The predicted octanol–water partition coefficient (Wildman–Crippen LogP) is 4.91. The predicted molar refractivity (Wildman–Crippen MR) is 109 cm³/mol. The number of rotatable bonds is 15. The van der Waals surface area contributed by atoms with Crippen LogP contribution in [0, 0.1) is 15.9 Å². The molecule has 0 radical (unpaired) electrons. The number of hydrogen-bond donors (Lipinski definition) is 0. The molecule has 0 aliphatic rings. The standard InChI is InChI=1S/C21H31FN2O5/c1-3-5-7-11-23(12-8-6-4-2)21(26)10-9-13-29-20-15-17(22)14-19(24(27)28)18(20)16-25/h14-16H,3-13H2,1-2H3. The number of nitro benzene ring substituents is 1. The van der Waals surface area contributed by atoms with Crippen LogP contribution < -0.4 is 4.74 Å². The Morgan fingerprint density at radius 3 is 2.28 bits per heavy atom. The third-order valence-electron chi connectivity index (χ3n) is 4.61. The summed E-state index contributed by atoms with van der Waals surface area (Å²) in [6.07, 6.45) is 7.20. The zero-order chi connectivity index (χ0) is 21.6. The molecule has 0 aliphatic carbocycles. The molecule has 7 nitrogen and oxygen atoms in total. The number of nitro groups is 1. The Balaban J connectivity index is 2.61. The maximum absolute atomic E-state index is 13.6. The van der Waals surface area contributed by atoms with Gasteiger partial charge in [-0.15, -0.1) is 0 Å². The van der Waals surface area contributed by atoms with Crippen LogP contribution in [0.1, 0.15) is 75.6 Å². The molecule has 1 amide bonds. The minimum atomic E-state index is -0.855. The Morgan fingerprint density at radius 2 is 1.76 bits per heavy atom. The summed E-state index contributed by atoms with van der Waals surface area (Å²) in [4.78, 5) is 35.7. The minimum Gasteiger partial charge on any atom is -0.492 e. The molecule has 29 heavy (non-hydrogen) atoms. The molecular weight excluding hydrogens is 379 g/mol. The molecule has 0 aliphatic heterocycles. The van der Waals surface area contributed by atoms with Crippen LogP contribution in [0.25, 0.3) is 0 Å². The van der Waals surface area contributed by atoms with E-state index in [4.69, 9.17) is 4.74 Å². The van der Waals surface area contributed by atoms with Crippen LogP contribution in [-0.2, 0) is 4.79 Å². The molecule has 0 aromatic heterocycles. The molecule has 162 valence electrons. The number of carbonyl (C=O) groups is 2. The molecule has 0 saturated heterocycles. The second-order valence-corrected chi connectivity index (χ2v) is 6.96. The van der Waals surface area contributed by atoms with E-state index in [0.29, 0.717) is 12.5 Å². The quantitative estimate of drug-likeness (QED) is 0.177. The summed E-state index contributed by atoms with van der Waals surface area (Å²) in [6, 6.07) is 1.63. The number of ether oxygens (including phenoxy) is 1. The highest BCUT2D eigenvalue weighted by molar-refractivity contribution is 5.85. The number of unbranched alkanes of at least 4 members (excludes halogenated alkanes) is 4. The van der Waals surface area contributed by atoms with E-state index in [1.54, 1.807) is 0 Å². The smallest absolute Gasteiger partial charge is 0.286 e. The Hall–Kier alpha value is -2.51. The monoisotopic (exact) mass is 410 g/mol. The largest absolute Gasteiger partial charge is 0.492 e. The molecule has 8 heteroatoms. The normalized spacial score (nSPS) is 10.6. The van der Waals surface area contributed by atoms with Gasteiger partial charge in [0, 0.05) is 25.6 Å². The highest BCUT2D eigenvalue weighted by Gasteiger charge is 2.21. The highest BCUT2D eigenvalue weighted by Crippen LogP contribution is 2.28. The highest BCUT2D eigenvalue weighted by atomic mass is 19.1. The summed E-state index contributed by atoms with van der Waals surface area (Å²) in [6.45, 7) is 5.77. The SMILES string of the molecule is CCCCCN(CCCCC)C(=O)CCCOc1cc(F)cc([N+](=O)[O-])c1C=O. The summed E-state index contributed by atoms with van der Waals surface area (Å²) < 4.78 is 19.0. The van der Waals surface area contributed by atoms with Crippen molar-refractivity contribution in [3.05, 3.63) is 33.6 Å². The summed E-state index contributed by atoms with van der Waals surface area (Å²) in [7, 11) is 0. The first kappa shape index (κ1) is 24.5. The number of halogens is 1. The van der Waals surface area contributed by atoms with Crippen molar-refractivity contribution in [2.24, 2.45) is 0 Å². The fourth-order valence-corrected chi connectivity index (χ4v) is 3.00. The molecule has 0 heterocycles. The first-order valence-corrected chi connectivity index (χ1v) is 10.3. The van der Waals surface area contributed by atoms with Crippen molar-refractivity contribution in [1.29, 1.82) is 0 Å². The number of amides is 1. The molecule has 0 N–H and O–H groups in total. The Bertz CT molecular complexity index is 671. The third kappa shape index (κ3) is 8.58. The van der Waals surface area contributed by atoms with Gasteiger partial charge in [-0.05, 0) is 19.3 Å². The first-order valence-electron chi connectivity index (χ1n) is 10.3. The zero-order valence-corrected chi connectivity index (χ0v) is 17.3. The van der Waals surface area contributed by atoms with Crippen LogP contribution in [-0.4, -0.2) is 41.7 Å². The van der Waals surface area contributed by atoms with Gasteiger partial charge >= 0.3 is 0 Å². The van der Waals surface area contributed by atoms with E-state index in [0.717, 1.165) is 57.7 Å². The fourth-order valence-electron chi connectivity index (χ4n) is 3.00. The van der Waals surface area contributed by atoms with E-state index in [1.807, 2.05) is 4.90 Å². The van der Waals surface area contributed by atoms with Gasteiger partial charge in [-0.2, -0.15) is 0 Å². The number of aldehydes is 1. The Morgan fingerprint density at radius 1 is 1.14 bits per heavy atom. The third-order valence-corrected chi connectivity index (χ3v) is 4.61. The Kier molecular flexibility index (Phi) is 11.5. The van der Waals surface area contributed by atoms with Gasteiger partial charge < -0.3 is 9.64 Å². The lowest BCUT2D eigenvalue weighted by Gasteiger charge is -2.23. The van der Waals surface area contributed by atoms with Gasteiger partial charge in [0.15, 0.2) is 6.29 Å². The summed E-state index contributed by atoms with van der Waals surface area (Å²) >= 11 is 0. The van der Waals surface area contributed by atoms with Gasteiger partial charge in [0.25, 0.3) is 5.69 Å². The zero-order valence-electron chi connectivity index (χ0n) is 17.3. The molecule has 0 fully saturated rings. The number of carbonyl (C=O) groups excluding carboxylic acids is 2. The van der Waals surface area contributed by atoms with E-state index < -0.39 is 16.4 Å². The lowest BCUT2D eigenvalue weighted by Crippen LogP contribution is -2.33. The maximum Gasteiger partial charge on any atom is 0.286 e. The molecule has 1 aromatic carbocycles. The van der Waals surface area contributed by atoms with E-state index in [1.165, 1.54) is 0 Å². The summed E-state index contributed by atoms with van der Waals surface area (Å²) in [5.41, 5.74) is -0.937. The van der Waals surface area contributed by atoms with Gasteiger partial charge in [-0.25, -0.2) is 4.39 Å². The van der Waals surface area contributed by atoms with Crippen molar-refractivity contribution in [2.75, 3.05) is 19.7 Å². The van der Waals surface area contributed by atoms with Crippen molar-refractivity contribution in [3.63, 3.8) is 0 Å². The second-order valence-electron chi connectivity index (χ2n) is 6.96. The van der Waals surface area contributed by atoms with Gasteiger partial charge in [0.05, 0.1) is 17.6 Å². The topological polar surface area (TPSA) is 89.8 Å². The minimum absolute atomic E-state index is 0.0432. The lowest BCUT2D eigenvalue weighted by molar-refractivity contribution is -0.385. The molecule has 1 rings (SSSR count). The van der Waals surface area contributed by atoms with Crippen LogP contribution in [0.5, 0.6) is 5.75 Å². The molecule has 1 aromatic rings. The van der Waals surface area contributed by atoms with Crippen LogP contribution >= 0.6 is 0 Å². The molecule has 0 spiro atoms. The average molecular weight is 410 g/mol. The van der Waals surface area contributed by atoms with Gasteiger partial charge in [-0.1, -0.05) is 39.5 Å². The van der Waals surface area contributed by atoms with E-state index in [2.05, 4.69) is 13.8 Å². The van der Waals surface area contributed by atoms with Gasteiger partial charge in [-0.3, -0.25) is 19.7 Å². The van der Waals surface area contributed by atoms with E-state index in [-0.39, 0.29) is 36.5 Å². The number of nitrogens with zero attached hydrogens (tertiary/aromatic N) is 2. The fraction of sp³-hybridized carbons (Fsp3) is 0.619. The molecule has 0 saturated carbocycles. The second kappa shape index (κ2) is 13.6. The Labute approximate surface area is 171 Å². The lowest BCUT2D eigenvalue weighted by atomic mass is 10.1. The summed E-state index contributed by atoms with van der Waals surface area (Å²) in [5, 5.41) is 11.0. The van der Waals surface area contributed by atoms with Crippen LogP contribution in [0.3, 0.4) is 0 Å². The van der Waals surface area contributed by atoms with Crippen LogP contribution in [0.4, 0.5) is 10.1 Å². The van der Waals surface area contributed by atoms with E-state index >= 15 is 0 Å². The average Bonchev–Trinajstić information content (AvgIpc) is 2.69. The molecule has 0 bridgehead atoms. The van der Waals surface area contributed by atoms with Crippen molar-refractivity contribution < 1.29 is 23.6 Å². The molecule has 0 unspecified atom stereocenters. The van der Waals surface area contributed by atoms with Gasteiger partial charge in [0.1, 0.15) is 17.1 Å².